The van der Waals surface area contributed by atoms with E-state index in [4.69, 9.17) is 16.3 Å². The molecule has 7 heteroatoms. The lowest BCUT2D eigenvalue weighted by Crippen LogP contribution is -2.22. The molecule has 2 aromatic carbocycles. The number of fused-ring (bicyclic) bond motifs is 1. The smallest absolute Gasteiger partial charge is 0.259 e. The topological polar surface area (TPSA) is 95.1 Å². The maximum Gasteiger partial charge on any atom is 0.259 e. The third-order valence-electron chi connectivity index (χ3n) is 3.56. The summed E-state index contributed by atoms with van der Waals surface area (Å²) in [6, 6.07) is 11.1. The maximum absolute atomic E-state index is 12.2. The van der Waals surface area contributed by atoms with Gasteiger partial charge in [0.15, 0.2) is 5.82 Å². The highest BCUT2D eigenvalue weighted by molar-refractivity contribution is 6.50. The third-order valence-corrected chi connectivity index (χ3v) is 3.84. The number of carbonyl (C=O) groups is 1. The third kappa shape index (κ3) is 3.54. The van der Waals surface area contributed by atoms with Gasteiger partial charge in [0.05, 0.1) is 29.0 Å². The molecule has 0 spiro atoms. The second kappa shape index (κ2) is 6.78. The van der Waals surface area contributed by atoms with Crippen LogP contribution in [0.2, 0.25) is 0 Å². The molecule has 126 valence electrons. The van der Waals surface area contributed by atoms with Gasteiger partial charge in [0, 0.05) is 0 Å². The molecule has 1 aromatic heterocycles. The molecule has 0 atom stereocenters. The minimum absolute atomic E-state index is 0.0653. The molecular weight excluding hydrogens is 344 g/mol. The number of methoxy groups -OCH3 is 1. The zero-order valence-electron chi connectivity index (χ0n) is 13.1. The van der Waals surface area contributed by atoms with Crippen molar-refractivity contribution in [1.29, 1.82) is 0 Å². The van der Waals surface area contributed by atoms with Crippen molar-refractivity contribution in [2.75, 3.05) is 7.11 Å². The molecule has 0 fully saturated rings. The molecule has 1 heterocycles. The van der Waals surface area contributed by atoms with Crippen LogP contribution in [0.25, 0.3) is 22.0 Å². The predicted octanol–water partition coefficient (Wildman–Crippen LogP) is 2.03. The summed E-state index contributed by atoms with van der Waals surface area (Å²) in [4.78, 5) is 30.0. The van der Waals surface area contributed by atoms with Crippen LogP contribution in [-0.2, 0) is 0 Å². The molecule has 0 aliphatic rings. The van der Waals surface area contributed by atoms with Gasteiger partial charge in [0.25, 0.3) is 5.56 Å². The van der Waals surface area contributed by atoms with E-state index in [9.17, 15) is 14.7 Å². The van der Waals surface area contributed by atoms with E-state index in [-0.39, 0.29) is 27.3 Å². The van der Waals surface area contributed by atoms with Crippen molar-refractivity contribution in [3.63, 3.8) is 0 Å². The maximum atomic E-state index is 12.2. The Bertz CT molecular complexity index is 1060. The zero-order valence-corrected chi connectivity index (χ0v) is 13.8. The number of carbonyl (C=O) groups excluding carboxylic acids is 1. The molecule has 0 radical (unpaired) electrons. The van der Waals surface area contributed by atoms with E-state index in [1.807, 2.05) is 6.07 Å². The van der Waals surface area contributed by atoms with Crippen LogP contribution < -0.4 is 15.4 Å². The Morgan fingerprint density at radius 1 is 1.28 bits per heavy atom. The van der Waals surface area contributed by atoms with Crippen LogP contribution in [0.1, 0.15) is 21.7 Å². The summed E-state index contributed by atoms with van der Waals surface area (Å²) < 4.78 is 5.15. The first-order valence-electron chi connectivity index (χ1n) is 7.25. The van der Waals surface area contributed by atoms with E-state index in [1.165, 1.54) is 18.2 Å². The van der Waals surface area contributed by atoms with Crippen molar-refractivity contribution in [3.8, 4) is 5.75 Å². The molecule has 0 aliphatic carbocycles. The van der Waals surface area contributed by atoms with Crippen molar-refractivity contribution in [2.45, 2.75) is 0 Å². The van der Waals surface area contributed by atoms with E-state index in [0.717, 1.165) is 5.56 Å². The summed E-state index contributed by atoms with van der Waals surface area (Å²) in [6.07, 6.45) is 1.62. The highest BCUT2D eigenvalue weighted by atomic mass is 35.5. The normalized spacial score (nSPS) is 11.5. The van der Waals surface area contributed by atoms with Crippen molar-refractivity contribution in [2.24, 2.45) is 0 Å². The molecular formula is C18H12ClN2O4-. The lowest BCUT2D eigenvalue weighted by atomic mass is 10.1. The lowest BCUT2D eigenvalue weighted by molar-refractivity contribution is -0.255. The Balaban J connectivity index is 2.09. The van der Waals surface area contributed by atoms with Gasteiger partial charge >= 0.3 is 0 Å². The van der Waals surface area contributed by atoms with Crippen LogP contribution in [0.4, 0.5) is 0 Å². The van der Waals surface area contributed by atoms with Crippen LogP contribution in [0.3, 0.4) is 0 Å². The van der Waals surface area contributed by atoms with Crippen molar-refractivity contribution < 1.29 is 14.6 Å². The fourth-order valence-corrected chi connectivity index (χ4v) is 2.54. The van der Waals surface area contributed by atoms with Gasteiger partial charge in [-0.2, -0.15) is 0 Å². The summed E-state index contributed by atoms with van der Waals surface area (Å²) in [5, 5.41) is 11.4. The zero-order chi connectivity index (χ0) is 18.0. The predicted molar refractivity (Wildman–Crippen MR) is 93.4 cm³/mol. The molecule has 1 N–H and O–H groups in total. The Morgan fingerprint density at radius 3 is 2.80 bits per heavy atom. The highest BCUT2D eigenvalue weighted by Crippen LogP contribution is 2.22. The fraction of sp³-hybridized carbons (Fsp3) is 0.0556. The van der Waals surface area contributed by atoms with Crippen LogP contribution in [-0.4, -0.2) is 23.0 Å². The number of carboxylic acids is 1. The summed E-state index contributed by atoms with van der Waals surface area (Å²) in [7, 11) is 1.56. The van der Waals surface area contributed by atoms with Gasteiger partial charge in [-0.25, -0.2) is 4.98 Å². The van der Waals surface area contributed by atoms with Crippen molar-refractivity contribution >= 4 is 39.6 Å². The molecule has 0 saturated carbocycles. The Labute approximate surface area is 147 Å². The van der Waals surface area contributed by atoms with E-state index >= 15 is 0 Å². The van der Waals surface area contributed by atoms with Crippen LogP contribution >= 0.6 is 11.6 Å². The van der Waals surface area contributed by atoms with Crippen LogP contribution in [0.15, 0.2) is 47.3 Å². The number of carboxylic acid groups (broad SMARTS) is 1. The molecule has 0 amide bonds. The summed E-state index contributed by atoms with van der Waals surface area (Å²) in [5.74, 6) is -0.544. The van der Waals surface area contributed by atoms with Gasteiger partial charge in [-0.1, -0.05) is 29.8 Å². The minimum Gasteiger partial charge on any atom is -0.545 e. The Morgan fingerprint density at radius 2 is 2.08 bits per heavy atom. The van der Waals surface area contributed by atoms with E-state index in [1.54, 1.807) is 31.4 Å². The second-order valence-corrected chi connectivity index (χ2v) is 5.61. The molecule has 0 saturated heterocycles. The van der Waals surface area contributed by atoms with Gasteiger partial charge in [0.1, 0.15) is 5.75 Å². The largest absolute Gasteiger partial charge is 0.545 e. The number of hydrogen-bond donors (Lipinski definition) is 1. The average molecular weight is 356 g/mol. The number of nitrogens with zero attached hydrogens (tertiary/aromatic N) is 1. The molecule has 6 nitrogen and oxygen atoms in total. The number of aromatic amines is 1. The molecule has 0 aliphatic heterocycles. The Kier molecular flexibility index (Phi) is 4.54. The minimum atomic E-state index is -1.34. The van der Waals surface area contributed by atoms with Gasteiger partial charge in [0.2, 0.25) is 0 Å². The molecule has 25 heavy (non-hydrogen) atoms. The first-order valence-corrected chi connectivity index (χ1v) is 7.63. The van der Waals surface area contributed by atoms with Crippen LogP contribution in [0.5, 0.6) is 5.75 Å². The van der Waals surface area contributed by atoms with Gasteiger partial charge in [-0.05, 0) is 41.5 Å². The average Bonchev–Trinajstić information content (AvgIpc) is 2.61. The number of aromatic carboxylic acids is 1. The quantitative estimate of drug-likeness (QED) is 0.772. The molecule has 3 aromatic rings. The summed E-state index contributed by atoms with van der Waals surface area (Å²) in [6.45, 7) is 0. The highest BCUT2D eigenvalue weighted by Gasteiger charge is 2.08. The summed E-state index contributed by atoms with van der Waals surface area (Å²) in [5.41, 5.74) is 0.500. The monoisotopic (exact) mass is 355 g/mol. The number of H-pyrrole nitrogens is 1. The number of aromatic nitrogens is 2. The van der Waals surface area contributed by atoms with E-state index in [0.29, 0.717) is 5.75 Å². The lowest BCUT2D eigenvalue weighted by Gasteiger charge is -2.06. The van der Waals surface area contributed by atoms with E-state index < -0.39 is 11.5 Å². The van der Waals surface area contributed by atoms with E-state index in [2.05, 4.69) is 9.97 Å². The standard InChI is InChI=1S/C18H13ClN2O4/c1-25-12-4-2-3-10(7-12)8-14(19)16-20-15-9-11(18(23)24)5-6-13(15)17(22)21-16/h2-9H,1H3,(H,23,24)(H,20,21,22)/p-1/b14-8-. The number of ether oxygens (including phenoxy) is 1. The fourth-order valence-electron chi connectivity index (χ4n) is 2.33. The van der Waals surface area contributed by atoms with Crippen molar-refractivity contribution in [1.82, 2.24) is 9.97 Å². The Hall–Kier alpha value is -3.12. The molecule has 0 unspecified atom stereocenters. The van der Waals surface area contributed by atoms with Crippen molar-refractivity contribution in [3.05, 3.63) is 69.8 Å². The molecule has 0 bridgehead atoms. The number of nitrogens with one attached hydrogen (secondary N) is 1. The number of benzene rings is 2. The van der Waals surface area contributed by atoms with Gasteiger partial charge in [-0.3, -0.25) is 4.79 Å². The second-order valence-electron chi connectivity index (χ2n) is 5.20. The summed E-state index contributed by atoms with van der Waals surface area (Å²) >= 11 is 6.27. The molecule has 3 rings (SSSR count). The first-order chi connectivity index (χ1) is 12.0. The van der Waals surface area contributed by atoms with Crippen LogP contribution in [0, 0.1) is 0 Å². The SMILES string of the molecule is COc1cccc(/C=C(\Cl)c2nc3cc(C(=O)[O-])ccc3c(=O)[nH]2)c1. The van der Waals surface area contributed by atoms with Gasteiger partial charge in [-0.15, -0.1) is 0 Å². The number of halogens is 1. The first kappa shape index (κ1) is 16.7. The number of rotatable bonds is 4. The van der Waals surface area contributed by atoms with Gasteiger partial charge < -0.3 is 19.6 Å². The number of hydrogen-bond acceptors (Lipinski definition) is 5.